The number of benzene rings is 1. The minimum atomic E-state index is -0.913. The molecule has 1 aliphatic rings. The van der Waals surface area contributed by atoms with Crippen LogP contribution in [0.15, 0.2) is 42.7 Å². The number of carbonyl (C=O) groups is 3. The van der Waals surface area contributed by atoms with E-state index in [2.05, 4.69) is 15.6 Å². The Hall–Kier alpha value is -3.62. The maximum Gasteiger partial charge on any atom is 0.325 e. The van der Waals surface area contributed by atoms with Crippen LogP contribution in [-0.2, 0) is 16.1 Å². The van der Waals surface area contributed by atoms with E-state index in [0.717, 1.165) is 4.90 Å². The first-order chi connectivity index (χ1) is 13.5. The summed E-state index contributed by atoms with van der Waals surface area (Å²) in [5.41, 5.74) is 1.22. The Labute approximate surface area is 161 Å². The number of methoxy groups -OCH3 is 2. The fraction of sp³-hybridized carbons (Fsp3) is 0.263. The highest BCUT2D eigenvalue weighted by atomic mass is 16.5. The molecule has 1 saturated heterocycles. The molecule has 1 aromatic carbocycles. The molecule has 28 heavy (non-hydrogen) atoms. The topological polar surface area (TPSA) is 110 Å². The first kappa shape index (κ1) is 19.2. The van der Waals surface area contributed by atoms with Crippen LogP contribution in [0.3, 0.4) is 0 Å². The Balaban J connectivity index is 1.64. The zero-order valence-electron chi connectivity index (χ0n) is 15.5. The highest BCUT2D eigenvalue weighted by molar-refractivity contribution is 6.06. The first-order valence-corrected chi connectivity index (χ1v) is 8.54. The summed E-state index contributed by atoms with van der Waals surface area (Å²) in [7, 11) is 3.03. The van der Waals surface area contributed by atoms with Gasteiger partial charge in [-0.3, -0.25) is 19.5 Å². The Morgan fingerprint density at radius 2 is 2.00 bits per heavy atom. The molecule has 2 aromatic rings. The van der Waals surface area contributed by atoms with Gasteiger partial charge in [-0.1, -0.05) is 6.07 Å². The van der Waals surface area contributed by atoms with Gasteiger partial charge in [-0.15, -0.1) is 0 Å². The van der Waals surface area contributed by atoms with Crippen molar-refractivity contribution in [2.75, 3.05) is 19.5 Å². The standard InChI is InChI=1S/C19H20N4O5/c1-27-15-6-5-12(8-16(15)28-2)11-23-18(25)14(22-19(23)26)9-17(24)21-13-4-3-7-20-10-13/h3-8,10,14H,9,11H2,1-2H3,(H,21,24)(H,22,26). The lowest BCUT2D eigenvalue weighted by Crippen LogP contribution is -2.34. The zero-order chi connectivity index (χ0) is 20.1. The van der Waals surface area contributed by atoms with E-state index in [1.54, 1.807) is 36.5 Å². The maximum atomic E-state index is 12.6. The number of hydrogen-bond acceptors (Lipinski definition) is 6. The van der Waals surface area contributed by atoms with Crippen LogP contribution in [0.1, 0.15) is 12.0 Å². The van der Waals surface area contributed by atoms with E-state index in [0.29, 0.717) is 22.7 Å². The van der Waals surface area contributed by atoms with Crippen molar-refractivity contribution in [1.29, 1.82) is 0 Å². The molecule has 0 radical (unpaired) electrons. The highest BCUT2D eigenvalue weighted by Crippen LogP contribution is 2.28. The second-order valence-corrected chi connectivity index (χ2v) is 6.11. The number of carbonyl (C=O) groups excluding carboxylic acids is 3. The fourth-order valence-corrected chi connectivity index (χ4v) is 2.86. The van der Waals surface area contributed by atoms with Crippen LogP contribution in [0.25, 0.3) is 0 Å². The molecule has 3 rings (SSSR count). The van der Waals surface area contributed by atoms with E-state index >= 15 is 0 Å². The van der Waals surface area contributed by atoms with Crippen molar-refractivity contribution in [2.45, 2.75) is 19.0 Å². The molecular weight excluding hydrogens is 364 g/mol. The third-order valence-electron chi connectivity index (χ3n) is 4.23. The first-order valence-electron chi connectivity index (χ1n) is 8.54. The molecule has 0 bridgehead atoms. The normalized spacial score (nSPS) is 15.9. The van der Waals surface area contributed by atoms with Gasteiger partial charge in [0.1, 0.15) is 6.04 Å². The lowest BCUT2D eigenvalue weighted by molar-refractivity contribution is -0.130. The molecule has 2 N–H and O–H groups in total. The summed E-state index contributed by atoms with van der Waals surface area (Å²) < 4.78 is 10.4. The molecule has 4 amide bonds. The predicted molar refractivity (Wildman–Crippen MR) is 99.9 cm³/mol. The van der Waals surface area contributed by atoms with Gasteiger partial charge in [-0.2, -0.15) is 0 Å². The van der Waals surface area contributed by atoms with Gasteiger partial charge in [0.2, 0.25) is 5.91 Å². The second-order valence-electron chi connectivity index (χ2n) is 6.11. The van der Waals surface area contributed by atoms with Crippen molar-refractivity contribution in [3.63, 3.8) is 0 Å². The SMILES string of the molecule is COc1ccc(CN2C(=O)NC(CC(=O)Nc3cccnc3)C2=O)cc1OC. The van der Waals surface area contributed by atoms with Gasteiger partial charge in [0.05, 0.1) is 39.1 Å². The van der Waals surface area contributed by atoms with E-state index in [-0.39, 0.29) is 18.9 Å². The lowest BCUT2D eigenvalue weighted by Gasteiger charge is -2.15. The molecule has 1 atom stereocenters. The van der Waals surface area contributed by atoms with Gasteiger partial charge in [0.15, 0.2) is 11.5 Å². The summed E-state index contributed by atoms with van der Waals surface area (Å²) in [6.45, 7) is 0.0613. The third-order valence-corrected chi connectivity index (χ3v) is 4.23. The molecule has 0 saturated carbocycles. The van der Waals surface area contributed by atoms with Gasteiger partial charge in [-0.25, -0.2) is 4.79 Å². The van der Waals surface area contributed by atoms with Crippen molar-refractivity contribution in [2.24, 2.45) is 0 Å². The lowest BCUT2D eigenvalue weighted by atomic mass is 10.1. The molecule has 9 nitrogen and oxygen atoms in total. The molecule has 1 aromatic heterocycles. The molecule has 146 valence electrons. The number of ether oxygens (including phenoxy) is 2. The second kappa shape index (κ2) is 8.38. The average molecular weight is 384 g/mol. The van der Waals surface area contributed by atoms with Gasteiger partial charge in [-0.05, 0) is 29.8 Å². The van der Waals surface area contributed by atoms with E-state index in [9.17, 15) is 14.4 Å². The van der Waals surface area contributed by atoms with E-state index in [4.69, 9.17) is 9.47 Å². The van der Waals surface area contributed by atoms with Crippen LogP contribution in [0.4, 0.5) is 10.5 Å². The minimum absolute atomic E-state index is 0.0613. The van der Waals surface area contributed by atoms with Gasteiger partial charge >= 0.3 is 6.03 Å². The summed E-state index contributed by atoms with van der Waals surface area (Å²) in [5, 5.41) is 5.19. The number of aromatic nitrogens is 1. The number of nitrogens with one attached hydrogen (secondary N) is 2. The number of imide groups is 1. The van der Waals surface area contributed by atoms with Gasteiger partial charge in [0, 0.05) is 6.20 Å². The number of nitrogens with zero attached hydrogens (tertiary/aromatic N) is 2. The van der Waals surface area contributed by atoms with Crippen LogP contribution >= 0.6 is 0 Å². The van der Waals surface area contributed by atoms with Crippen molar-refractivity contribution >= 4 is 23.5 Å². The Morgan fingerprint density at radius 1 is 1.21 bits per heavy atom. The van der Waals surface area contributed by atoms with Gasteiger partial charge < -0.3 is 20.1 Å². The molecule has 1 aliphatic heterocycles. The van der Waals surface area contributed by atoms with Crippen molar-refractivity contribution < 1.29 is 23.9 Å². The summed E-state index contributed by atoms with van der Waals surface area (Å²) in [5.74, 6) is 0.202. The third kappa shape index (κ3) is 4.20. The van der Waals surface area contributed by atoms with Crippen molar-refractivity contribution in [1.82, 2.24) is 15.2 Å². The highest BCUT2D eigenvalue weighted by Gasteiger charge is 2.39. The molecule has 9 heteroatoms. The monoisotopic (exact) mass is 384 g/mol. The number of anilines is 1. The summed E-state index contributed by atoms with van der Waals surface area (Å²) in [6, 6.07) is 7.05. The number of urea groups is 1. The van der Waals surface area contributed by atoms with Crippen LogP contribution in [0.2, 0.25) is 0 Å². The van der Waals surface area contributed by atoms with E-state index < -0.39 is 18.0 Å². The minimum Gasteiger partial charge on any atom is -0.493 e. The quantitative estimate of drug-likeness (QED) is 0.701. The summed E-state index contributed by atoms with van der Waals surface area (Å²) >= 11 is 0. The molecule has 1 fully saturated rings. The predicted octanol–water partition coefficient (Wildman–Crippen LogP) is 1.55. The van der Waals surface area contributed by atoms with Crippen molar-refractivity contribution in [3.05, 3.63) is 48.3 Å². The Kier molecular flexibility index (Phi) is 5.73. The van der Waals surface area contributed by atoms with Gasteiger partial charge in [0.25, 0.3) is 5.91 Å². The average Bonchev–Trinajstić information content (AvgIpc) is 2.95. The molecular formula is C19H20N4O5. The Morgan fingerprint density at radius 3 is 2.68 bits per heavy atom. The van der Waals surface area contributed by atoms with E-state index in [1.807, 2.05) is 0 Å². The van der Waals surface area contributed by atoms with E-state index in [1.165, 1.54) is 20.4 Å². The largest absolute Gasteiger partial charge is 0.493 e. The zero-order valence-corrected chi connectivity index (χ0v) is 15.5. The molecule has 2 heterocycles. The summed E-state index contributed by atoms with van der Waals surface area (Å²) in [4.78, 5) is 41.9. The molecule has 0 aliphatic carbocycles. The number of rotatable bonds is 7. The number of amides is 4. The van der Waals surface area contributed by atoms with Crippen molar-refractivity contribution in [3.8, 4) is 11.5 Å². The smallest absolute Gasteiger partial charge is 0.325 e. The fourth-order valence-electron chi connectivity index (χ4n) is 2.86. The number of hydrogen-bond donors (Lipinski definition) is 2. The van der Waals surface area contributed by atoms with Crippen LogP contribution < -0.4 is 20.1 Å². The summed E-state index contributed by atoms with van der Waals surface area (Å²) in [6.07, 6.45) is 2.92. The van der Waals surface area contributed by atoms with Crippen LogP contribution in [0.5, 0.6) is 11.5 Å². The van der Waals surface area contributed by atoms with Crippen LogP contribution in [0, 0.1) is 0 Å². The molecule has 1 unspecified atom stereocenters. The number of pyridine rings is 1. The molecule has 0 spiro atoms. The maximum absolute atomic E-state index is 12.6. The van der Waals surface area contributed by atoms with Crippen LogP contribution in [-0.4, -0.2) is 48.0 Å². The Bertz CT molecular complexity index is 887.